The highest BCUT2D eigenvalue weighted by molar-refractivity contribution is 6.31. The van der Waals surface area contributed by atoms with Gasteiger partial charge in [0.2, 0.25) is 5.91 Å². The molecule has 2 aromatic rings. The van der Waals surface area contributed by atoms with Crippen LogP contribution < -0.4 is 10.6 Å². The first-order chi connectivity index (χ1) is 13.0. The van der Waals surface area contributed by atoms with Gasteiger partial charge in [0.15, 0.2) is 0 Å². The number of rotatable bonds is 4. The lowest BCUT2D eigenvalue weighted by molar-refractivity contribution is -0.122. The molecule has 0 radical (unpaired) electrons. The van der Waals surface area contributed by atoms with E-state index in [1.54, 1.807) is 6.07 Å². The van der Waals surface area contributed by atoms with E-state index in [1.165, 1.54) is 0 Å². The van der Waals surface area contributed by atoms with E-state index in [4.69, 9.17) is 23.2 Å². The lowest BCUT2D eigenvalue weighted by Gasteiger charge is -2.36. The van der Waals surface area contributed by atoms with Crippen molar-refractivity contribution in [2.24, 2.45) is 0 Å². The average molecular weight is 405 g/mol. The van der Waals surface area contributed by atoms with Crippen molar-refractivity contribution < 1.29 is 9.90 Å². The normalized spacial score (nSPS) is 27.3. The smallest absolute Gasteiger partial charge is 0.249 e. The summed E-state index contributed by atoms with van der Waals surface area (Å²) in [6, 6.07) is 13.3. The Hall–Kier alpha value is -1.59. The summed E-state index contributed by atoms with van der Waals surface area (Å²) in [5.41, 5.74) is 1.77. The number of benzene rings is 2. The first-order valence-corrected chi connectivity index (χ1v) is 10.0. The van der Waals surface area contributed by atoms with Crippen LogP contribution in [0, 0.1) is 0 Å². The van der Waals surface area contributed by atoms with Crippen LogP contribution in [-0.2, 0) is 16.8 Å². The van der Waals surface area contributed by atoms with E-state index in [1.807, 2.05) is 36.4 Å². The van der Waals surface area contributed by atoms with Gasteiger partial charge in [0.1, 0.15) is 5.54 Å². The quantitative estimate of drug-likeness (QED) is 0.712. The van der Waals surface area contributed by atoms with E-state index in [0.717, 1.165) is 42.5 Å². The van der Waals surface area contributed by atoms with E-state index < -0.39 is 5.54 Å². The molecule has 1 aliphatic carbocycles. The third-order valence-electron chi connectivity index (χ3n) is 5.58. The first-order valence-electron chi connectivity index (χ1n) is 9.28. The van der Waals surface area contributed by atoms with Crippen molar-refractivity contribution >= 4 is 34.8 Å². The van der Waals surface area contributed by atoms with E-state index in [9.17, 15) is 9.90 Å². The molecule has 3 N–H and O–H groups in total. The minimum absolute atomic E-state index is 0.0779. The second-order valence-electron chi connectivity index (χ2n) is 7.51. The Labute approximate surface area is 168 Å². The Kier molecular flexibility index (Phi) is 5.17. The second kappa shape index (κ2) is 7.44. The highest BCUT2D eigenvalue weighted by Gasteiger charge is 2.48. The highest BCUT2D eigenvalue weighted by atomic mass is 35.5. The SMILES string of the molecule is O=C1Nc2cc(Cl)ccc2C1(Cc1cccc(Cl)c1)NC1CCC(O)CC1. The van der Waals surface area contributed by atoms with Crippen LogP contribution in [0.2, 0.25) is 10.0 Å². The number of carbonyl (C=O) groups excluding carboxylic acids is 1. The number of amides is 1. The van der Waals surface area contributed by atoms with Gasteiger partial charge in [0.05, 0.1) is 6.10 Å². The van der Waals surface area contributed by atoms with Crippen LogP contribution in [0.3, 0.4) is 0 Å². The zero-order valence-electron chi connectivity index (χ0n) is 14.8. The molecule has 2 aromatic carbocycles. The Morgan fingerprint density at radius 1 is 1.07 bits per heavy atom. The molecule has 27 heavy (non-hydrogen) atoms. The van der Waals surface area contributed by atoms with Gasteiger partial charge in [0.25, 0.3) is 0 Å². The number of hydrogen-bond donors (Lipinski definition) is 3. The maximum absolute atomic E-state index is 13.2. The van der Waals surface area contributed by atoms with E-state index in [2.05, 4.69) is 10.6 Å². The minimum Gasteiger partial charge on any atom is -0.393 e. The summed E-state index contributed by atoms with van der Waals surface area (Å²) in [4.78, 5) is 13.2. The van der Waals surface area contributed by atoms with E-state index >= 15 is 0 Å². The van der Waals surface area contributed by atoms with Gasteiger partial charge in [-0.1, -0.05) is 41.4 Å². The summed E-state index contributed by atoms with van der Waals surface area (Å²) in [5.74, 6) is -0.0779. The molecule has 4 nitrogen and oxygen atoms in total. The Balaban J connectivity index is 1.73. The molecule has 1 heterocycles. The van der Waals surface area contributed by atoms with Gasteiger partial charge in [-0.25, -0.2) is 0 Å². The van der Waals surface area contributed by atoms with Crippen molar-refractivity contribution in [3.63, 3.8) is 0 Å². The summed E-state index contributed by atoms with van der Waals surface area (Å²) in [7, 11) is 0. The lowest BCUT2D eigenvalue weighted by Crippen LogP contribution is -2.54. The summed E-state index contributed by atoms with van der Waals surface area (Å²) < 4.78 is 0. The number of carbonyl (C=O) groups is 1. The van der Waals surface area contributed by atoms with Crippen LogP contribution >= 0.6 is 23.2 Å². The molecule has 1 unspecified atom stereocenters. The average Bonchev–Trinajstić information content (AvgIpc) is 2.88. The molecule has 142 valence electrons. The van der Waals surface area contributed by atoms with Gasteiger partial charge in [-0.3, -0.25) is 10.1 Å². The molecule has 2 aliphatic rings. The van der Waals surface area contributed by atoms with Gasteiger partial charge in [0, 0.05) is 33.8 Å². The Morgan fingerprint density at radius 3 is 2.56 bits per heavy atom. The van der Waals surface area contributed by atoms with Crippen LogP contribution in [0.25, 0.3) is 0 Å². The van der Waals surface area contributed by atoms with Crippen molar-refractivity contribution in [2.45, 2.75) is 49.8 Å². The van der Waals surface area contributed by atoms with Crippen LogP contribution in [-0.4, -0.2) is 23.2 Å². The fraction of sp³-hybridized carbons (Fsp3) is 0.381. The number of halogens is 2. The van der Waals surface area contributed by atoms with Crippen molar-refractivity contribution in [3.05, 3.63) is 63.6 Å². The molecule has 0 saturated heterocycles. The first kappa shape index (κ1) is 18.8. The molecule has 1 saturated carbocycles. The summed E-state index contributed by atoms with van der Waals surface area (Å²) in [6.45, 7) is 0. The van der Waals surface area contributed by atoms with Crippen LogP contribution in [0.15, 0.2) is 42.5 Å². The molecule has 4 rings (SSSR count). The number of aliphatic hydroxyl groups excluding tert-OH is 1. The molecule has 6 heteroatoms. The summed E-state index contributed by atoms with van der Waals surface area (Å²) >= 11 is 12.3. The molecule has 1 amide bonds. The predicted octanol–water partition coefficient (Wildman–Crippen LogP) is 4.28. The van der Waals surface area contributed by atoms with Gasteiger partial charge < -0.3 is 10.4 Å². The number of hydrogen-bond acceptors (Lipinski definition) is 3. The van der Waals surface area contributed by atoms with Crippen molar-refractivity contribution in [3.8, 4) is 0 Å². The Bertz CT molecular complexity index is 865. The third kappa shape index (κ3) is 3.72. The molecule has 0 bridgehead atoms. The molecule has 1 aliphatic heterocycles. The predicted molar refractivity (Wildman–Crippen MR) is 108 cm³/mol. The zero-order chi connectivity index (χ0) is 19.0. The van der Waals surface area contributed by atoms with Crippen LogP contribution in [0.5, 0.6) is 0 Å². The maximum atomic E-state index is 13.2. The number of nitrogens with one attached hydrogen (secondary N) is 2. The van der Waals surface area contributed by atoms with Gasteiger partial charge >= 0.3 is 0 Å². The van der Waals surface area contributed by atoms with E-state index in [-0.39, 0.29) is 18.1 Å². The Morgan fingerprint density at radius 2 is 1.81 bits per heavy atom. The highest BCUT2D eigenvalue weighted by Crippen LogP contribution is 2.41. The van der Waals surface area contributed by atoms with E-state index in [0.29, 0.717) is 16.5 Å². The lowest BCUT2D eigenvalue weighted by atomic mass is 9.82. The molecule has 1 atom stereocenters. The van der Waals surface area contributed by atoms with Crippen LogP contribution in [0.4, 0.5) is 5.69 Å². The van der Waals surface area contributed by atoms with Crippen molar-refractivity contribution in [2.75, 3.05) is 5.32 Å². The molecule has 1 fully saturated rings. The second-order valence-corrected chi connectivity index (χ2v) is 8.38. The molecular weight excluding hydrogens is 383 g/mol. The monoisotopic (exact) mass is 404 g/mol. The third-order valence-corrected chi connectivity index (χ3v) is 6.05. The number of anilines is 1. The van der Waals surface area contributed by atoms with Crippen molar-refractivity contribution in [1.29, 1.82) is 0 Å². The molecular formula is C21H22Cl2N2O2. The minimum atomic E-state index is -0.877. The summed E-state index contributed by atoms with van der Waals surface area (Å²) in [5, 5.41) is 17.7. The van der Waals surface area contributed by atoms with Gasteiger partial charge in [-0.15, -0.1) is 0 Å². The van der Waals surface area contributed by atoms with Gasteiger partial charge in [-0.05, 0) is 55.5 Å². The fourth-order valence-corrected chi connectivity index (χ4v) is 4.62. The summed E-state index contributed by atoms with van der Waals surface area (Å²) in [6.07, 6.45) is 3.44. The standard InChI is InChI=1S/C21H22Cl2N2O2/c22-14-3-1-2-13(10-14)12-21(25-16-5-7-17(26)8-6-16)18-9-4-15(23)11-19(18)24-20(21)27/h1-4,9-11,16-17,25-26H,5-8,12H2,(H,24,27). The number of fused-ring (bicyclic) bond motifs is 1. The zero-order valence-corrected chi connectivity index (χ0v) is 16.4. The number of aliphatic hydroxyl groups is 1. The molecule has 0 spiro atoms. The maximum Gasteiger partial charge on any atom is 0.249 e. The molecule has 0 aromatic heterocycles. The largest absolute Gasteiger partial charge is 0.393 e. The fourth-order valence-electron chi connectivity index (χ4n) is 4.23. The van der Waals surface area contributed by atoms with Gasteiger partial charge in [-0.2, -0.15) is 0 Å². The van der Waals surface area contributed by atoms with Crippen molar-refractivity contribution in [1.82, 2.24) is 5.32 Å². The topological polar surface area (TPSA) is 61.4 Å². The van der Waals surface area contributed by atoms with Crippen LogP contribution in [0.1, 0.15) is 36.8 Å².